The molecule has 0 N–H and O–H groups in total. The zero-order valence-electron chi connectivity index (χ0n) is 7.86. The molecular weight excluding hydrogens is 197 g/mol. The fourth-order valence-electron chi connectivity index (χ4n) is 1.22. The molecule has 15 heavy (non-hydrogen) atoms. The SMILES string of the molecule is Cc1noc(-c2cccc(F)c2C#N)n1. The van der Waals surface area contributed by atoms with Crippen molar-refractivity contribution in [3.63, 3.8) is 0 Å². The van der Waals surface area contributed by atoms with Crippen molar-refractivity contribution in [1.29, 1.82) is 5.26 Å². The standard InChI is InChI=1S/C10H6FN3O/c1-6-13-10(15-14-6)7-3-2-4-9(11)8(7)5-12/h2-4H,1H3. The number of halogens is 1. The first-order valence-electron chi connectivity index (χ1n) is 4.21. The van der Waals surface area contributed by atoms with Crippen molar-refractivity contribution in [2.24, 2.45) is 0 Å². The summed E-state index contributed by atoms with van der Waals surface area (Å²) in [4.78, 5) is 3.94. The number of nitriles is 1. The molecule has 0 radical (unpaired) electrons. The Hall–Kier alpha value is -2.22. The minimum Gasteiger partial charge on any atom is -0.334 e. The fraction of sp³-hybridized carbons (Fsp3) is 0.100. The molecule has 2 aromatic rings. The highest BCUT2D eigenvalue weighted by Gasteiger charge is 2.14. The number of hydrogen-bond acceptors (Lipinski definition) is 4. The van der Waals surface area contributed by atoms with E-state index in [4.69, 9.17) is 9.78 Å². The van der Waals surface area contributed by atoms with Gasteiger partial charge in [0.1, 0.15) is 17.4 Å². The van der Waals surface area contributed by atoms with Gasteiger partial charge in [-0.25, -0.2) is 4.39 Å². The van der Waals surface area contributed by atoms with E-state index in [0.717, 1.165) is 0 Å². The van der Waals surface area contributed by atoms with Crippen molar-refractivity contribution in [1.82, 2.24) is 10.1 Å². The Morgan fingerprint density at radius 2 is 2.27 bits per heavy atom. The molecule has 0 unspecified atom stereocenters. The van der Waals surface area contributed by atoms with Crippen LogP contribution >= 0.6 is 0 Å². The van der Waals surface area contributed by atoms with Crippen LogP contribution in [0.15, 0.2) is 22.7 Å². The van der Waals surface area contributed by atoms with E-state index in [1.165, 1.54) is 12.1 Å². The van der Waals surface area contributed by atoms with Gasteiger partial charge in [-0.15, -0.1) is 0 Å². The van der Waals surface area contributed by atoms with Gasteiger partial charge in [0.15, 0.2) is 5.82 Å². The van der Waals surface area contributed by atoms with E-state index in [-0.39, 0.29) is 11.5 Å². The molecule has 1 heterocycles. The van der Waals surface area contributed by atoms with Crippen molar-refractivity contribution in [2.45, 2.75) is 6.92 Å². The van der Waals surface area contributed by atoms with E-state index in [1.807, 2.05) is 0 Å². The second-order valence-electron chi connectivity index (χ2n) is 2.92. The first-order valence-corrected chi connectivity index (χ1v) is 4.21. The second kappa shape index (κ2) is 3.50. The Kier molecular flexibility index (Phi) is 2.18. The van der Waals surface area contributed by atoms with Gasteiger partial charge in [0.25, 0.3) is 5.89 Å². The average Bonchev–Trinajstić information content (AvgIpc) is 2.64. The molecular formula is C10H6FN3O. The van der Waals surface area contributed by atoms with Crippen molar-refractivity contribution >= 4 is 0 Å². The lowest BCUT2D eigenvalue weighted by atomic mass is 10.1. The summed E-state index contributed by atoms with van der Waals surface area (Å²) in [5.41, 5.74) is 0.235. The molecule has 0 fully saturated rings. The Morgan fingerprint density at radius 1 is 1.47 bits per heavy atom. The minimum atomic E-state index is -0.592. The van der Waals surface area contributed by atoms with Gasteiger partial charge in [-0.2, -0.15) is 10.2 Å². The van der Waals surface area contributed by atoms with Crippen LogP contribution in [-0.2, 0) is 0 Å². The van der Waals surface area contributed by atoms with Crippen LogP contribution in [0.3, 0.4) is 0 Å². The van der Waals surface area contributed by atoms with Gasteiger partial charge < -0.3 is 4.52 Å². The summed E-state index contributed by atoms with van der Waals surface area (Å²) in [6.45, 7) is 1.65. The molecule has 0 saturated heterocycles. The summed E-state index contributed by atoms with van der Waals surface area (Å²) in [5.74, 6) is 0.00699. The third-order valence-electron chi connectivity index (χ3n) is 1.88. The van der Waals surface area contributed by atoms with Crippen molar-refractivity contribution < 1.29 is 8.91 Å². The maximum atomic E-state index is 13.2. The first kappa shape index (κ1) is 9.34. The van der Waals surface area contributed by atoms with E-state index in [2.05, 4.69) is 10.1 Å². The lowest BCUT2D eigenvalue weighted by molar-refractivity contribution is 0.425. The van der Waals surface area contributed by atoms with Crippen LogP contribution in [0, 0.1) is 24.1 Å². The summed E-state index contributed by atoms with van der Waals surface area (Å²) in [7, 11) is 0. The number of benzene rings is 1. The number of aromatic nitrogens is 2. The zero-order valence-corrected chi connectivity index (χ0v) is 7.86. The molecule has 0 spiro atoms. The first-order chi connectivity index (χ1) is 7.22. The van der Waals surface area contributed by atoms with Gasteiger partial charge in [0, 0.05) is 0 Å². The normalized spacial score (nSPS) is 9.93. The molecule has 2 rings (SSSR count). The topological polar surface area (TPSA) is 62.7 Å². The largest absolute Gasteiger partial charge is 0.334 e. The quantitative estimate of drug-likeness (QED) is 0.711. The van der Waals surface area contributed by atoms with Crippen LogP contribution < -0.4 is 0 Å². The summed E-state index contributed by atoms with van der Waals surface area (Å²) in [6, 6.07) is 6.04. The highest BCUT2D eigenvalue weighted by Crippen LogP contribution is 2.23. The average molecular weight is 203 g/mol. The molecule has 0 saturated carbocycles. The summed E-state index contributed by atoms with van der Waals surface area (Å²) >= 11 is 0. The minimum absolute atomic E-state index is 0.0823. The summed E-state index contributed by atoms with van der Waals surface area (Å²) < 4.78 is 18.1. The Labute approximate surface area is 85.0 Å². The molecule has 1 aromatic carbocycles. The smallest absolute Gasteiger partial charge is 0.259 e. The molecule has 0 aliphatic rings. The van der Waals surface area contributed by atoms with Gasteiger partial charge >= 0.3 is 0 Å². The maximum Gasteiger partial charge on any atom is 0.259 e. The van der Waals surface area contributed by atoms with Crippen molar-refractivity contribution in [3.8, 4) is 17.5 Å². The third-order valence-corrected chi connectivity index (χ3v) is 1.88. The molecule has 5 heteroatoms. The van der Waals surface area contributed by atoms with Crippen LogP contribution in [0.5, 0.6) is 0 Å². The highest BCUT2D eigenvalue weighted by atomic mass is 19.1. The number of hydrogen-bond donors (Lipinski definition) is 0. The lowest BCUT2D eigenvalue weighted by Gasteiger charge is -1.97. The van der Waals surface area contributed by atoms with Gasteiger partial charge in [-0.3, -0.25) is 0 Å². The molecule has 0 aliphatic carbocycles. The van der Waals surface area contributed by atoms with E-state index >= 15 is 0 Å². The van der Waals surface area contributed by atoms with Crippen LogP contribution in [0.25, 0.3) is 11.5 Å². The molecule has 0 amide bonds. The van der Waals surface area contributed by atoms with Crippen LogP contribution in [0.2, 0.25) is 0 Å². The summed E-state index contributed by atoms with van der Waals surface area (Å²) in [6.07, 6.45) is 0. The Balaban J connectivity index is 2.63. The lowest BCUT2D eigenvalue weighted by Crippen LogP contribution is -1.89. The zero-order chi connectivity index (χ0) is 10.8. The molecule has 4 nitrogen and oxygen atoms in total. The third kappa shape index (κ3) is 1.57. The van der Waals surface area contributed by atoms with E-state index < -0.39 is 5.82 Å². The van der Waals surface area contributed by atoms with Crippen molar-refractivity contribution in [3.05, 3.63) is 35.4 Å². The predicted molar refractivity (Wildman–Crippen MR) is 49.1 cm³/mol. The van der Waals surface area contributed by atoms with E-state index in [9.17, 15) is 4.39 Å². The molecule has 74 valence electrons. The van der Waals surface area contributed by atoms with Gasteiger partial charge in [-0.1, -0.05) is 11.2 Å². The van der Waals surface area contributed by atoms with Gasteiger partial charge in [-0.05, 0) is 19.1 Å². The summed E-state index contributed by atoms with van der Waals surface area (Å²) in [5, 5.41) is 12.4. The van der Waals surface area contributed by atoms with Crippen LogP contribution in [0.4, 0.5) is 4.39 Å². The highest BCUT2D eigenvalue weighted by molar-refractivity contribution is 5.63. The van der Waals surface area contributed by atoms with Gasteiger partial charge in [0.05, 0.1) is 5.56 Å². The molecule has 1 aromatic heterocycles. The molecule has 0 aliphatic heterocycles. The number of aryl methyl sites for hydroxylation is 1. The molecule has 0 atom stereocenters. The number of nitrogens with zero attached hydrogens (tertiary/aromatic N) is 3. The van der Waals surface area contributed by atoms with Crippen LogP contribution in [-0.4, -0.2) is 10.1 Å². The molecule has 0 bridgehead atoms. The van der Waals surface area contributed by atoms with Crippen LogP contribution in [0.1, 0.15) is 11.4 Å². The Bertz CT molecular complexity index is 542. The van der Waals surface area contributed by atoms with Crippen molar-refractivity contribution in [2.75, 3.05) is 0 Å². The predicted octanol–water partition coefficient (Wildman–Crippen LogP) is 2.06. The fourth-order valence-corrected chi connectivity index (χ4v) is 1.22. The van der Waals surface area contributed by atoms with Gasteiger partial charge in [0.2, 0.25) is 0 Å². The monoisotopic (exact) mass is 203 g/mol. The van der Waals surface area contributed by atoms with E-state index in [1.54, 1.807) is 19.1 Å². The Morgan fingerprint density at radius 3 is 2.87 bits per heavy atom. The second-order valence-corrected chi connectivity index (χ2v) is 2.92. The van der Waals surface area contributed by atoms with E-state index in [0.29, 0.717) is 11.4 Å². The maximum absolute atomic E-state index is 13.2. The number of rotatable bonds is 1.